The summed E-state index contributed by atoms with van der Waals surface area (Å²) in [4.78, 5) is 4.74. The molecule has 1 saturated heterocycles. The smallest absolute Gasteiger partial charge is 0.121 e. The van der Waals surface area contributed by atoms with Crippen molar-refractivity contribution in [3.8, 4) is 5.75 Å². The van der Waals surface area contributed by atoms with Gasteiger partial charge >= 0.3 is 0 Å². The van der Waals surface area contributed by atoms with Crippen LogP contribution in [0.1, 0.15) is 6.42 Å². The van der Waals surface area contributed by atoms with E-state index in [0.717, 1.165) is 57.1 Å². The van der Waals surface area contributed by atoms with E-state index >= 15 is 0 Å². The first-order valence-corrected chi connectivity index (χ1v) is 7.32. The Kier molecular flexibility index (Phi) is 6.11. The number of nitrogen functional groups attached to an aromatic ring is 1. The molecule has 1 fully saturated rings. The number of ether oxygens (including phenoxy) is 1. The average molecular weight is 279 g/mol. The highest BCUT2D eigenvalue weighted by molar-refractivity contribution is 5.43. The molecule has 0 atom stereocenters. The first-order chi connectivity index (χ1) is 9.78. The fourth-order valence-electron chi connectivity index (χ4n) is 2.51. The van der Waals surface area contributed by atoms with Crippen molar-refractivity contribution in [1.29, 1.82) is 0 Å². The van der Waals surface area contributed by atoms with Gasteiger partial charge < -0.3 is 15.6 Å². The van der Waals surface area contributed by atoms with Gasteiger partial charge in [0.15, 0.2) is 0 Å². The zero-order valence-corrected chi connectivity index (χ0v) is 12.0. The van der Waals surface area contributed by atoms with E-state index in [1.165, 1.54) is 0 Å². The van der Waals surface area contributed by atoms with Crippen LogP contribution < -0.4 is 10.5 Å². The molecule has 20 heavy (non-hydrogen) atoms. The van der Waals surface area contributed by atoms with Crippen molar-refractivity contribution < 1.29 is 9.84 Å². The summed E-state index contributed by atoms with van der Waals surface area (Å²) in [5.74, 6) is 0.835. The lowest BCUT2D eigenvalue weighted by Gasteiger charge is -2.21. The van der Waals surface area contributed by atoms with E-state index in [0.29, 0.717) is 6.61 Å². The molecule has 0 spiro atoms. The highest BCUT2D eigenvalue weighted by atomic mass is 16.5. The largest absolute Gasteiger partial charge is 0.492 e. The van der Waals surface area contributed by atoms with E-state index in [1.54, 1.807) is 0 Å². The molecule has 3 N–H and O–H groups in total. The predicted octanol–water partition coefficient (Wildman–Crippen LogP) is 0.648. The molecule has 0 bridgehead atoms. The number of rotatable bonds is 6. The maximum Gasteiger partial charge on any atom is 0.121 e. The highest BCUT2D eigenvalue weighted by Gasteiger charge is 2.13. The minimum atomic E-state index is 0.249. The van der Waals surface area contributed by atoms with Crippen molar-refractivity contribution in [3.63, 3.8) is 0 Å². The van der Waals surface area contributed by atoms with Crippen LogP contribution in [-0.2, 0) is 0 Å². The van der Waals surface area contributed by atoms with Gasteiger partial charge in [-0.2, -0.15) is 0 Å². The standard InChI is InChI=1S/C15H25N3O2/c16-14-3-1-4-15(13-14)20-12-10-18-6-2-5-17(7-8-18)9-11-19/h1,3-4,13,19H,2,5-12,16H2. The summed E-state index contributed by atoms with van der Waals surface area (Å²) in [5, 5.41) is 8.98. The molecule has 0 unspecified atom stereocenters. The number of hydrogen-bond donors (Lipinski definition) is 2. The SMILES string of the molecule is Nc1cccc(OCCN2CCCN(CCO)CC2)c1. The Bertz CT molecular complexity index is 400. The van der Waals surface area contributed by atoms with Crippen LogP contribution in [0.5, 0.6) is 5.75 Å². The Morgan fingerprint density at radius 3 is 2.55 bits per heavy atom. The summed E-state index contributed by atoms with van der Waals surface area (Å²) in [6.45, 7) is 6.89. The number of nitrogens with two attached hydrogens (primary N) is 1. The molecule has 0 radical (unpaired) electrons. The zero-order valence-electron chi connectivity index (χ0n) is 12.0. The number of hydrogen-bond acceptors (Lipinski definition) is 5. The molecule has 5 heteroatoms. The first kappa shape index (κ1) is 15.1. The predicted molar refractivity (Wildman–Crippen MR) is 80.9 cm³/mol. The number of aliphatic hydroxyl groups is 1. The van der Waals surface area contributed by atoms with Crippen LogP contribution in [0.4, 0.5) is 5.69 Å². The molecule has 112 valence electrons. The Hall–Kier alpha value is -1.30. The molecule has 1 aliphatic rings. The molecule has 0 saturated carbocycles. The maximum absolute atomic E-state index is 8.98. The zero-order chi connectivity index (χ0) is 14.2. The molecule has 2 rings (SSSR count). The second-order valence-electron chi connectivity index (χ2n) is 5.18. The van der Waals surface area contributed by atoms with E-state index in [1.807, 2.05) is 24.3 Å². The van der Waals surface area contributed by atoms with Gasteiger partial charge in [0.25, 0.3) is 0 Å². The van der Waals surface area contributed by atoms with Gasteiger partial charge in [-0.3, -0.25) is 9.80 Å². The summed E-state index contributed by atoms with van der Waals surface area (Å²) in [6.07, 6.45) is 1.15. The molecule has 1 aliphatic heterocycles. The van der Waals surface area contributed by atoms with Crippen molar-refractivity contribution in [2.24, 2.45) is 0 Å². The molecule has 5 nitrogen and oxygen atoms in total. The fourth-order valence-corrected chi connectivity index (χ4v) is 2.51. The second-order valence-corrected chi connectivity index (χ2v) is 5.18. The number of nitrogens with zero attached hydrogens (tertiary/aromatic N) is 2. The summed E-state index contributed by atoms with van der Waals surface area (Å²) in [5.41, 5.74) is 6.45. The van der Waals surface area contributed by atoms with Crippen LogP contribution in [0.3, 0.4) is 0 Å². The third-order valence-corrected chi connectivity index (χ3v) is 3.63. The molecular formula is C15H25N3O2. The van der Waals surface area contributed by atoms with Gasteiger partial charge in [0.2, 0.25) is 0 Å². The number of aliphatic hydroxyl groups excluding tert-OH is 1. The normalized spacial score (nSPS) is 17.9. The first-order valence-electron chi connectivity index (χ1n) is 7.32. The average Bonchev–Trinajstić information content (AvgIpc) is 2.65. The number of benzene rings is 1. The summed E-state index contributed by atoms with van der Waals surface area (Å²) >= 11 is 0. The van der Waals surface area contributed by atoms with Crippen LogP contribution >= 0.6 is 0 Å². The van der Waals surface area contributed by atoms with Crippen molar-refractivity contribution >= 4 is 5.69 Å². The fraction of sp³-hybridized carbons (Fsp3) is 0.600. The molecule has 0 aromatic heterocycles. The Morgan fingerprint density at radius 2 is 1.85 bits per heavy atom. The van der Waals surface area contributed by atoms with Crippen molar-refractivity contribution in [2.45, 2.75) is 6.42 Å². The minimum Gasteiger partial charge on any atom is -0.492 e. The molecule has 1 aromatic carbocycles. The van der Waals surface area contributed by atoms with E-state index in [4.69, 9.17) is 15.6 Å². The van der Waals surface area contributed by atoms with E-state index in [9.17, 15) is 0 Å². The van der Waals surface area contributed by atoms with Gasteiger partial charge in [0, 0.05) is 37.9 Å². The van der Waals surface area contributed by atoms with Gasteiger partial charge in [-0.1, -0.05) is 6.07 Å². The third-order valence-electron chi connectivity index (χ3n) is 3.63. The van der Waals surface area contributed by atoms with Gasteiger partial charge in [-0.15, -0.1) is 0 Å². The van der Waals surface area contributed by atoms with Gasteiger partial charge in [-0.05, 0) is 31.6 Å². The van der Waals surface area contributed by atoms with Crippen molar-refractivity contribution in [3.05, 3.63) is 24.3 Å². The van der Waals surface area contributed by atoms with Crippen molar-refractivity contribution in [1.82, 2.24) is 9.80 Å². The Labute approximate surface area is 120 Å². The summed E-state index contributed by atoms with van der Waals surface area (Å²) < 4.78 is 5.73. The van der Waals surface area contributed by atoms with Crippen LogP contribution in [0, 0.1) is 0 Å². The second kappa shape index (κ2) is 8.09. The molecular weight excluding hydrogens is 254 g/mol. The molecule has 0 amide bonds. The van der Waals surface area contributed by atoms with E-state index < -0.39 is 0 Å². The Balaban J connectivity index is 1.69. The minimum absolute atomic E-state index is 0.249. The van der Waals surface area contributed by atoms with Crippen molar-refractivity contribution in [2.75, 3.05) is 58.2 Å². The van der Waals surface area contributed by atoms with E-state index in [2.05, 4.69) is 9.80 Å². The molecule has 1 aromatic rings. The lowest BCUT2D eigenvalue weighted by atomic mass is 10.3. The lowest BCUT2D eigenvalue weighted by Crippen LogP contribution is -2.34. The maximum atomic E-state index is 8.98. The summed E-state index contributed by atoms with van der Waals surface area (Å²) in [6, 6.07) is 7.55. The topological polar surface area (TPSA) is 62.0 Å². The van der Waals surface area contributed by atoms with E-state index in [-0.39, 0.29) is 6.61 Å². The van der Waals surface area contributed by atoms with Gasteiger partial charge in [-0.25, -0.2) is 0 Å². The summed E-state index contributed by atoms with van der Waals surface area (Å²) in [7, 11) is 0. The third kappa shape index (κ3) is 5.00. The molecule has 0 aliphatic carbocycles. The van der Waals surface area contributed by atoms with Gasteiger partial charge in [0.05, 0.1) is 6.61 Å². The number of β-amino-alcohol motifs (C(OH)–C–C–N with tert-alkyl or cyclic N) is 1. The lowest BCUT2D eigenvalue weighted by molar-refractivity contribution is 0.188. The number of anilines is 1. The van der Waals surface area contributed by atoms with Gasteiger partial charge in [0.1, 0.15) is 12.4 Å². The quantitative estimate of drug-likeness (QED) is 0.749. The monoisotopic (exact) mass is 279 g/mol. The van der Waals surface area contributed by atoms with Crippen LogP contribution in [0.15, 0.2) is 24.3 Å². The van der Waals surface area contributed by atoms with Crippen LogP contribution in [-0.4, -0.2) is 67.4 Å². The van der Waals surface area contributed by atoms with Crippen LogP contribution in [0.25, 0.3) is 0 Å². The Morgan fingerprint density at radius 1 is 1.10 bits per heavy atom. The van der Waals surface area contributed by atoms with Crippen LogP contribution in [0.2, 0.25) is 0 Å². The molecule has 1 heterocycles. The highest BCUT2D eigenvalue weighted by Crippen LogP contribution is 2.14.